The van der Waals surface area contributed by atoms with Gasteiger partial charge in [-0.1, -0.05) is 12.1 Å². The van der Waals surface area contributed by atoms with Gasteiger partial charge in [0.05, 0.1) is 34.3 Å². The van der Waals surface area contributed by atoms with Gasteiger partial charge >= 0.3 is 5.16 Å². The second-order valence-electron chi connectivity index (χ2n) is 4.77. The molecule has 3 aromatic rings. The third-order valence-corrected chi connectivity index (χ3v) is 4.38. The Morgan fingerprint density at radius 2 is 2.20 bits per heavy atom. The van der Waals surface area contributed by atoms with E-state index in [1.807, 2.05) is 0 Å². The molecule has 0 radical (unpaired) electrons. The molecule has 0 bridgehead atoms. The highest BCUT2D eigenvalue weighted by Gasteiger charge is 2.20. The molecule has 7 heteroatoms. The average molecular weight is 370 g/mol. The van der Waals surface area contributed by atoms with E-state index in [0.717, 1.165) is 7.11 Å². The first-order valence-corrected chi connectivity index (χ1v) is 8.40. The van der Waals surface area contributed by atoms with Crippen LogP contribution in [0.4, 0.5) is 0 Å². The summed E-state index contributed by atoms with van der Waals surface area (Å²) in [6, 6.07) is -0.409. The number of methoxy groups -OCH3 is 1. The van der Waals surface area contributed by atoms with E-state index in [4.69, 9.17) is 18.4 Å². The minimum Gasteiger partial charge on any atom is -0.609 e. The molecule has 0 spiro atoms. The van der Waals surface area contributed by atoms with Crippen LogP contribution in [0.3, 0.4) is 0 Å². The number of ether oxygens (including phenoxy) is 2. The Bertz CT molecular complexity index is 1230. The topological polar surface area (TPSA) is 83.1 Å². The van der Waals surface area contributed by atoms with Crippen molar-refractivity contribution in [1.29, 1.82) is 0 Å². The minimum absolute atomic E-state index is 0.00366. The van der Waals surface area contributed by atoms with E-state index in [2.05, 4.69) is 19.7 Å². The summed E-state index contributed by atoms with van der Waals surface area (Å²) in [5, 5.41) is -0.112. The third-order valence-electron chi connectivity index (χ3n) is 3.22. The Labute approximate surface area is 163 Å². The molecule has 0 aliphatic carbocycles. The highest BCUT2D eigenvalue weighted by atomic mass is 32.2. The number of aromatic nitrogens is 3. The number of para-hydroxylation sites is 2. The summed E-state index contributed by atoms with van der Waals surface area (Å²) >= 11 is -1.89. The maximum absolute atomic E-state index is 13.0. The van der Waals surface area contributed by atoms with Gasteiger partial charge in [-0.15, -0.1) is 0 Å². The molecule has 0 fully saturated rings. The summed E-state index contributed by atoms with van der Waals surface area (Å²) in [6.07, 6.45) is -1.98. The lowest BCUT2D eigenvalue weighted by molar-refractivity contribution is 0.172. The van der Waals surface area contributed by atoms with E-state index in [9.17, 15) is 4.55 Å². The van der Waals surface area contributed by atoms with Crippen LogP contribution in [-0.4, -0.2) is 39.7 Å². The second kappa shape index (κ2) is 8.33. The first-order valence-electron chi connectivity index (χ1n) is 12.1. The molecule has 0 amide bonds. The highest BCUT2D eigenvalue weighted by molar-refractivity contribution is 7.90. The molecule has 132 valence electrons. The van der Waals surface area contributed by atoms with Crippen LogP contribution in [0.1, 0.15) is 31.3 Å². The summed E-state index contributed by atoms with van der Waals surface area (Å²) in [7, 11) is 0.903. The van der Waals surface area contributed by atoms with Crippen molar-refractivity contribution in [3.8, 4) is 5.75 Å². The number of hydrogen-bond donors (Lipinski definition) is 1. The Balaban J connectivity index is 1.91. The number of fused-ring (bicyclic) bond motifs is 1. The van der Waals surface area contributed by atoms with Gasteiger partial charge in [-0.05, 0) is 25.1 Å². The SMILES string of the molecule is [2H]c1c([2H])c([2H])c2[nH]c([S+]([O-])Cc3nccc(OC([2H])([2H])C([2H])([2H])C([2H])([2H])OC)c3C)nc2c1[2H]. The molecule has 1 unspecified atom stereocenters. The van der Waals surface area contributed by atoms with Crippen molar-refractivity contribution in [1.82, 2.24) is 15.0 Å². The standard InChI is InChI=1S/C18H21N3O3S/c1-13-16(19-9-8-17(13)24-11-5-10-23-2)12-25(22)18-20-14-6-3-4-7-15(14)21-18/h3-4,6-9H,5,10-12H2,1-2H3,(H,20,21)/i3D,4D,5D2,6D,7D,10D2,11D2. The zero-order valence-electron chi connectivity index (χ0n) is 23.4. The second-order valence-corrected chi connectivity index (χ2v) is 6.14. The highest BCUT2D eigenvalue weighted by Crippen LogP contribution is 2.24. The molecule has 25 heavy (non-hydrogen) atoms. The number of nitrogens with one attached hydrogen (secondary N) is 1. The molecule has 0 saturated heterocycles. The van der Waals surface area contributed by atoms with E-state index >= 15 is 0 Å². The van der Waals surface area contributed by atoms with Crippen molar-refractivity contribution in [2.24, 2.45) is 0 Å². The summed E-state index contributed by atoms with van der Waals surface area (Å²) < 4.78 is 101. The molecule has 1 N–H and O–H groups in total. The van der Waals surface area contributed by atoms with Crippen molar-refractivity contribution < 1.29 is 27.7 Å². The Kier molecular flexibility index (Phi) is 3.01. The molecule has 0 aliphatic heterocycles. The number of rotatable bonds is 8. The lowest BCUT2D eigenvalue weighted by Gasteiger charge is -2.12. The van der Waals surface area contributed by atoms with Gasteiger partial charge in [0.25, 0.3) is 0 Å². The average Bonchev–Trinajstić information content (AvgIpc) is 3.24. The Morgan fingerprint density at radius 1 is 1.36 bits per heavy atom. The first-order chi connectivity index (χ1) is 16.1. The maximum atomic E-state index is 13.0. The summed E-state index contributed by atoms with van der Waals surface area (Å²) in [5.74, 6) is -0.406. The van der Waals surface area contributed by atoms with Gasteiger partial charge in [0.15, 0.2) is 5.75 Å². The van der Waals surface area contributed by atoms with Crippen LogP contribution in [0, 0.1) is 6.92 Å². The summed E-state index contributed by atoms with van der Waals surface area (Å²) in [5.41, 5.74) is 0.346. The van der Waals surface area contributed by atoms with Gasteiger partial charge in [-0.3, -0.25) is 9.97 Å². The largest absolute Gasteiger partial charge is 0.609 e. The fourth-order valence-electron chi connectivity index (χ4n) is 1.98. The molecule has 1 atom stereocenters. The van der Waals surface area contributed by atoms with Crippen LogP contribution in [0.2, 0.25) is 0 Å². The molecule has 6 nitrogen and oxygen atoms in total. The zero-order chi connectivity index (χ0) is 26.5. The van der Waals surface area contributed by atoms with Crippen LogP contribution in [-0.2, 0) is 21.7 Å². The molecule has 3 rings (SSSR count). The number of hydrogen-bond acceptors (Lipinski definition) is 5. The number of imidazole rings is 1. The Morgan fingerprint density at radius 3 is 3.04 bits per heavy atom. The van der Waals surface area contributed by atoms with Crippen molar-refractivity contribution in [2.45, 2.75) is 24.2 Å². The van der Waals surface area contributed by atoms with Gasteiger partial charge in [-0.25, -0.2) is 0 Å². The monoisotopic (exact) mass is 369 g/mol. The maximum Gasteiger partial charge on any atom is 0.322 e. The van der Waals surface area contributed by atoms with E-state index in [-0.39, 0.29) is 51.0 Å². The minimum atomic E-state index is -3.21. The molecule has 1 aromatic carbocycles. The van der Waals surface area contributed by atoms with Crippen LogP contribution >= 0.6 is 0 Å². The first kappa shape index (κ1) is 9.02. The quantitative estimate of drug-likeness (QED) is 0.617. The number of benzene rings is 1. The zero-order valence-corrected chi connectivity index (χ0v) is 14.2. The van der Waals surface area contributed by atoms with Gasteiger partial charge in [0.2, 0.25) is 0 Å². The van der Waals surface area contributed by atoms with Crippen LogP contribution < -0.4 is 4.74 Å². The van der Waals surface area contributed by atoms with Crippen molar-refractivity contribution in [3.63, 3.8) is 0 Å². The molecule has 2 aromatic heterocycles. The molecular formula is C18H21N3O3S. The number of H-pyrrole nitrogens is 1. The van der Waals surface area contributed by atoms with Crippen molar-refractivity contribution >= 4 is 22.2 Å². The molecular weight excluding hydrogens is 338 g/mol. The van der Waals surface area contributed by atoms with Crippen LogP contribution in [0.5, 0.6) is 5.75 Å². The van der Waals surface area contributed by atoms with E-state index in [0.29, 0.717) is 0 Å². The van der Waals surface area contributed by atoms with Gasteiger partial charge in [0.1, 0.15) is 5.75 Å². The van der Waals surface area contributed by atoms with E-state index < -0.39 is 42.8 Å². The molecule has 0 saturated carbocycles. The van der Waals surface area contributed by atoms with E-state index in [1.165, 1.54) is 19.2 Å². The van der Waals surface area contributed by atoms with Gasteiger partial charge in [-0.2, -0.15) is 4.98 Å². The smallest absolute Gasteiger partial charge is 0.322 e. The van der Waals surface area contributed by atoms with Crippen molar-refractivity contribution in [2.75, 3.05) is 20.2 Å². The predicted molar refractivity (Wildman–Crippen MR) is 97.2 cm³/mol. The van der Waals surface area contributed by atoms with Crippen LogP contribution in [0.15, 0.2) is 41.6 Å². The fourth-order valence-corrected chi connectivity index (χ4v) is 3.07. The predicted octanol–water partition coefficient (Wildman–Crippen LogP) is 2.99. The van der Waals surface area contributed by atoms with Crippen LogP contribution in [0.25, 0.3) is 11.0 Å². The fraction of sp³-hybridized carbons (Fsp3) is 0.333. The lowest BCUT2D eigenvalue weighted by atomic mass is 10.2. The van der Waals surface area contributed by atoms with Gasteiger partial charge in [0, 0.05) is 45.7 Å². The van der Waals surface area contributed by atoms with Crippen molar-refractivity contribution in [3.05, 3.63) is 47.7 Å². The lowest BCUT2D eigenvalue weighted by Crippen LogP contribution is -2.10. The number of nitrogens with zero attached hydrogens (tertiary/aromatic N) is 2. The third kappa shape index (κ3) is 4.31. The summed E-state index contributed by atoms with van der Waals surface area (Å²) in [6.45, 7) is -4.69. The Hall–Kier alpha value is -2.09. The number of aromatic amines is 1. The summed E-state index contributed by atoms with van der Waals surface area (Å²) in [4.78, 5) is 10.8. The molecule has 0 aliphatic rings. The normalized spacial score (nSPS) is 20.0. The van der Waals surface area contributed by atoms with E-state index in [1.54, 1.807) is 0 Å². The molecule has 2 heterocycles. The number of pyridine rings is 1. The van der Waals surface area contributed by atoms with Gasteiger partial charge < -0.3 is 14.0 Å².